The molecule has 0 bridgehead atoms. The highest BCUT2D eigenvalue weighted by atomic mass is 32.2. The predicted octanol–water partition coefficient (Wildman–Crippen LogP) is 4.72. The summed E-state index contributed by atoms with van der Waals surface area (Å²) in [4.78, 5) is 15.6. The fourth-order valence-corrected chi connectivity index (χ4v) is 3.82. The fourth-order valence-electron chi connectivity index (χ4n) is 2.77. The topological polar surface area (TPSA) is 143 Å². The molecule has 4 rings (SSSR count). The van der Waals surface area contributed by atoms with Gasteiger partial charge in [-0.1, -0.05) is 35.1 Å². The highest BCUT2D eigenvalue weighted by Gasteiger charge is 2.30. The van der Waals surface area contributed by atoms with Gasteiger partial charge in [0.25, 0.3) is 5.89 Å². The summed E-state index contributed by atoms with van der Waals surface area (Å²) in [5.41, 5.74) is -0.465. The molecule has 11 heteroatoms. The Morgan fingerprint density at radius 2 is 1.77 bits per heavy atom. The number of aromatic nitrogens is 2. The van der Waals surface area contributed by atoms with E-state index >= 15 is 0 Å². The average molecular weight is 441 g/mol. The number of rotatable bonds is 5. The van der Waals surface area contributed by atoms with Gasteiger partial charge in [-0.25, -0.2) is 4.39 Å². The lowest BCUT2D eigenvalue weighted by Gasteiger charge is -2.10. The molecule has 31 heavy (non-hydrogen) atoms. The molecule has 0 aliphatic rings. The summed E-state index contributed by atoms with van der Waals surface area (Å²) in [6.45, 7) is 0. The number of nitro benzene ring substituents is 1. The van der Waals surface area contributed by atoms with Crippen LogP contribution in [0.15, 0.2) is 68.9 Å². The van der Waals surface area contributed by atoms with E-state index in [2.05, 4.69) is 10.1 Å². The van der Waals surface area contributed by atoms with Crippen molar-refractivity contribution >= 4 is 17.4 Å². The summed E-state index contributed by atoms with van der Waals surface area (Å²) >= 11 is 0.966. The summed E-state index contributed by atoms with van der Waals surface area (Å²) in [5.74, 6) is -3.27. The Labute approximate surface area is 177 Å². The third-order valence-electron chi connectivity index (χ3n) is 4.21. The zero-order valence-corrected chi connectivity index (χ0v) is 16.2. The second-order valence-corrected chi connectivity index (χ2v) is 7.31. The number of nitro groups is 1. The maximum atomic E-state index is 13.3. The van der Waals surface area contributed by atoms with Crippen molar-refractivity contribution in [1.29, 1.82) is 0 Å². The lowest BCUT2D eigenvalue weighted by Crippen LogP contribution is -1.95. The molecule has 0 radical (unpaired) electrons. The number of hydrogen-bond acceptors (Lipinski definition) is 9. The van der Waals surface area contributed by atoms with Gasteiger partial charge in [0.15, 0.2) is 17.3 Å². The van der Waals surface area contributed by atoms with E-state index in [9.17, 15) is 29.8 Å². The van der Waals surface area contributed by atoms with Crippen molar-refractivity contribution in [2.45, 2.75) is 9.79 Å². The van der Waals surface area contributed by atoms with Crippen molar-refractivity contribution in [2.24, 2.45) is 0 Å². The third kappa shape index (κ3) is 3.85. The maximum absolute atomic E-state index is 13.3. The van der Waals surface area contributed by atoms with E-state index in [1.54, 1.807) is 30.3 Å². The molecular weight excluding hydrogens is 429 g/mol. The smallest absolute Gasteiger partial charge is 0.329 e. The largest absolute Gasteiger partial charge is 0.505 e. The van der Waals surface area contributed by atoms with Crippen LogP contribution in [-0.2, 0) is 0 Å². The molecule has 0 unspecified atom stereocenters. The maximum Gasteiger partial charge on any atom is 0.329 e. The fraction of sp³-hybridized carbons (Fsp3) is 0. The molecule has 0 atom stereocenters. The van der Waals surface area contributed by atoms with Gasteiger partial charge in [-0.15, -0.1) is 0 Å². The van der Waals surface area contributed by atoms with E-state index in [1.807, 2.05) is 0 Å². The van der Waals surface area contributed by atoms with Crippen LogP contribution in [-0.4, -0.2) is 30.4 Å². The molecule has 1 aromatic heterocycles. The lowest BCUT2D eigenvalue weighted by atomic mass is 10.1. The second-order valence-electron chi connectivity index (χ2n) is 6.23. The Balaban J connectivity index is 1.87. The first-order chi connectivity index (χ1) is 14.8. The Morgan fingerprint density at radius 3 is 2.45 bits per heavy atom. The van der Waals surface area contributed by atoms with Gasteiger partial charge in [0, 0.05) is 10.5 Å². The summed E-state index contributed by atoms with van der Waals surface area (Å²) in [7, 11) is 0. The van der Waals surface area contributed by atoms with Crippen molar-refractivity contribution in [2.75, 3.05) is 0 Å². The molecule has 0 fully saturated rings. The minimum atomic E-state index is -0.893. The van der Waals surface area contributed by atoms with Crippen LogP contribution in [0.3, 0.4) is 0 Å². The second kappa shape index (κ2) is 7.95. The van der Waals surface area contributed by atoms with Gasteiger partial charge in [0.2, 0.25) is 11.6 Å². The van der Waals surface area contributed by atoms with Crippen molar-refractivity contribution in [3.8, 4) is 40.1 Å². The number of benzene rings is 3. The Kier molecular flexibility index (Phi) is 5.17. The number of phenols is 3. The predicted molar refractivity (Wildman–Crippen MR) is 107 cm³/mol. The van der Waals surface area contributed by atoms with E-state index in [-0.39, 0.29) is 27.7 Å². The van der Waals surface area contributed by atoms with Crippen molar-refractivity contribution in [3.05, 3.63) is 70.5 Å². The minimum absolute atomic E-state index is 0.0148. The van der Waals surface area contributed by atoms with Crippen molar-refractivity contribution < 1.29 is 29.2 Å². The van der Waals surface area contributed by atoms with Gasteiger partial charge in [-0.2, -0.15) is 4.98 Å². The zero-order valence-electron chi connectivity index (χ0n) is 15.4. The van der Waals surface area contributed by atoms with Gasteiger partial charge in [0.1, 0.15) is 4.90 Å². The highest BCUT2D eigenvalue weighted by Crippen LogP contribution is 2.50. The molecule has 0 aliphatic heterocycles. The van der Waals surface area contributed by atoms with Crippen LogP contribution in [0.2, 0.25) is 0 Å². The summed E-state index contributed by atoms with van der Waals surface area (Å²) in [5, 5.41) is 45.1. The molecular formula is C20H12FN3O6S. The van der Waals surface area contributed by atoms with Crippen molar-refractivity contribution in [1.82, 2.24) is 10.1 Å². The van der Waals surface area contributed by atoms with E-state index in [4.69, 9.17) is 4.52 Å². The van der Waals surface area contributed by atoms with Gasteiger partial charge in [0.05, 0.1) is 10.5 Å². The number of halogens is 1. The third-order valence-corrected chi connectivity index (χ3v) is 5.34. The number of nitrogens with zero attached hydrogens (tertiary/aromatic N) is 3. The summed E-state index contributed by atoms with van der Waals surface area (Å²) < 4.78 is 18.5. The molecule has 156 valence electrons. The monoisotopic (exact) mass is 441 g/mol. The van der Waals surface area contributed by atoms with Crippen LogP contribution in [0, 0.1) is 15.9 Å². The van der Waals surface area contributed by atoms with Crippen LogP contribution in [0.4, 0.5) is 10.1 Å². The van der Waals surface area contributed by atoms with Crippen LogP contribution in [0.25, 0.3) is 22.8 Å². The molecule has 3 N–H and O–H groups in total. The van der Waals surface area contributed by atoms with Crippen LogP contribution in [0.1, 0.15) is 0 Å². The molecule has 1 heterocycles. The van der Waals surface area contributed by atoms with Gasteiger partial charge in [-0.05, 0) is 36.4 Å². The Bertz CT molecular complexity index is 1300. The molecule has 0 aliphatic carbocycles. The van der Waals surface area contributed by atoms with E-state index in [0.717, 1.165) is 30.0 Å². The summed E-state index contributed by atoms with van der Waals surface area (Å²) in [6, 6.07) is 13.2. The first kappa shape index (κ1) is 20.2. The van der Waals surface area contributed by atoms with Crippen LogP contribution < -0.4 is 0 Å². The molecule has 3 aromatic carbocycles. The minimum Gasteiger partial charge on any atom is -0.505 e. The van der Waals surface area contributed by atoms with E-state index in [1.165, 1.54) is 6.07 Å². The zero-order chi connectivity index (χ0) is 22.1. The van der Waals surface area contributed by atoms with E-state index in [0.29, 0.717) is 4.90 Å². The van der Waals surface area contributed by atoms with Crippen molar-refractivity contribution in [3.63, 3.8) is 0 Å². The summed E-state index contributed by atoms with van der Waals surface area (Å²) in [6.07, 6.45) is 0. The quantitative estimate of drug-likeness (QED) is 0.228. The number of hydrogen-bond donors (Lipinski definition) is 3. The first-order valence-electron chi connectivity index (χ1n) is 8.64. The number of aromatic hydroxyl groups is 3. The molecule has 0 amide bonds. The molecule has 0 spiro atoms. The SMILES string of the molecule is O=[N+]([O-])c1c(O)c(O)cc(-c2nc(-c3ccc(F)c(O)c3)no2)c1Sc1ccccc1. The average Bonchev–Trinajstić information content (AvgIpc) is 3.23. The first-order valence-corrected chi connectivity index (χ1v) is 9.46. The Hall–Kier alpha value is -4.12. The standard InChI is InChI=1S/C20H12FN3O6S/c21-13-7-6-10(8-14(13)25)19-22-20(30-23-19)12-9-15(26)17(27)16(24(28)29)18(12)31-11-4-2-1-3-5-11/h1-9,25-27H. The molecule has 4 aromatic rings. The molecule has 9 nitrogen and oxygen atoms in total. The van der Waals surface area contributed by atoms with E-state index < -0.39 is 33.7 Å². The van der Waals surface area contributed by atoms with Gasteiger partial charge < -0.3 is 19.8 Å². The van der Waals surface area contributed by atoms with Crippen LogP contribution >= 0.6 is 11.8 Å². The van der Waals surface area contributed by atoms with Gasteiger partial charge >= 0.3 is 5.69 Å². The molecule has 0 saturated heterocycles. The Morgan fingerprint density at radius 1 is 1.03 bits per heavy atom. The van der Waals surface area contributed by atoms with Gasteiger partial charge in [-0.3, -0.25) is 10.1 Å². The lowest BCUT2D eigenvalue weighted by molar-refractivity contribution is -0.388. The van der Waals surface area contributed by atoms with Crippen LogP contribution in [0.5, 0.6) is 17.2 Å². The highest BCUT2D eigenvalue weighted by molar-refractivity contribution is 7.99. The number of phenolic OH excluding ortho intramolecular Hbond substituents is 3. The molecule has 0 saturated carbocycles. The normalized spacial score (nSPS) is 10.9.